The molecule has 5 rings (SSSR count). The van der Waals surface area contributed by atoms with E-state index in [1.165, 1.54) is 24.3 Å². The predicted molar refractivity (Wildman–Crippen MR) is 153 cm³/mol. The van der Waals surface area contributed by atoms with E-state index >= 15 is 0 Å². The van der Waals surface area contributed by atoms with Gasteiger partial charge in [-0.3, -0.25) is 4.79 Å². The zero-order valence-electron chi connectivity index (χ0n) is 22.5. The summed E-state index contributed by atoms with van der Waals surface area (Å²) in [5.74, 6) is -0.463. The number of hydrogen-bond donors (Lipinski definition) is 1. The maximum absolute atomic E-state index is 14.1. The molecule has 3 aromatic carbocycles. The first kappa shape index (κ1) is 29.2. The Balaban J connectivity index is 1.43. The Morgan fingerprint density at radius 2 is 1.80 bits per heavy atom. The Kier molecular flexibility index (Phi) is 8.21. The summed E-state index contributed by atoms with van der Waals surface area (Å²) in [6, 6.07) is 11.2. The molecule has 0 unspecified atom stereocenters. The van der Waals surface area contributed by atoms with Gasteiger partial charge in [-0.1, -0.05) is 48.3 Å². The summed E-state index contributed by atoms with van der Waals surface area (Å²) in [5.41, 5.74) is 1.57. The maximum atomic E-state index is 14.1. The molecule has 0 radical (unpaired) electrons. The van der Waals surface area contributed by atoms with E-state index in [9.17, 15) is 22.4 Å². The number of carbonyl (C=O) groups is 1. The van der Waals surface area contributed by atoms with E-state index in [-0.39, 0.29) is 29.1 Å². The van der Waals surface area contributed by atoms with Crippen molar-refractivity contribution in [1.29, 1.82) is 0 Å². The molecule has 1 amide bonds. The van der Waals surface area contributed by atoms with Crippen LogP contribution >= 0.6 is 23.2 Å². The maximum Gasteiger partial charge on any atom is 0.416 e. The number of hydrogen-bond acceptors (Lipinski definition) is 3. The van der Waals surface area contributed by atoms with Crippen LogP contribution in [0.5, 0.6) is 0 Å². The number of imidazole rings is 1. The van der Waals surface area contributed by atoms with Crippen molar-refractivity contribution in [3.05, 3.63) is 92.5 Å². The van der Waals surface area contributed by atoms with Crippen LogP contribution in [-0.4, -0.2) is 28.5 Å². The van der Waals surface area contributed by atoms with Crippen molar-refractivity contribution in [2.24, 2.45) is 13.0 Å². The first-order valence-corrected chi connectivity index (χ1v) is 14.0. The van der Waals surface area contributed by atoms with Gasteiger partial charge in [0.25, 0.3) is 5.91 Å². The van der Waals surface area contributed by atoms with Crippen molar-refractivity contribution in [3.8, 4) is 0 Å². The van der Waals surface area contributed by atoms with Crippen LogP contribution < -0.4 is 10.2 Å². The van der Waals surface area contributed by atoms with Gasteiger partial charge in [0.1, 0.15) is 11.6 Å². The van der Waals surface area contributed by atoms with Gasteiger partial charge >= 0.3 is 6.18 Å². The summed E-state index contributed by atoms with van der Waals surface area (Å²) < 4.78 is 57.8. The first-order valence-electron chi connectivity index (χ1n) is 13.2. The molecule has 0 aliphatic carbocycles. The minimum atomic E-state index is -4.59. The van der Waals surface area contributed by atoms with E-state index in [0.29, 0.717) is 27.8 Å². The molecule has 0 bridgehead atoms. The molecule has 216 valence electrons. The Hall–Kier alpha value is -3.30. The number of fused-ring (bicyclic) bond motifs is 1. The number of benzene rings is 3. The van der Waals surface area contributed by atoms with Crippen LogP contribution in [0.2, 0.25) is 10.0 Å². The van der Waals surface area contributed by atoms with E-state index in [2.05, 4.69) is 22.1 Å². The number of alkyl halides is 3. The molecule has 0 spiro atoms. The van der Waals surface area contributed by atoms with Crippen molar-refractivity contribution >= 4 is 45.8 Å². The second-order valence-corrected chi connectivity index (χ2v) is 11.3. The van der Waals surface area contributed by atoms with Gasteiger partial charge in [-0.05, 0) is 60.2 Å². The third kappa shape index (κ3) is 6.16. The van der Waals surface area contributed by atoms with Crippen LogP contribution in [0.1, 0.15) is 52.6 Å². The Morgan fingerprint density at radius 3 is 2.49 bits per heavy atom. The lowest BCUT2D eigenvalue weighted by Crippen LogP contribution is -2.32. The molecular formula is C30H28Cl2F4N4O. The number of anilines is 1. The van der Waals surface area contributed by atoms with Crippen LogP contribution in [0.4, 0.5) is 23.2 Å². The summed E-state index contributed by atoms with van der Waals surface area (Å²) in [4.78, 5) is 19.4. The normalized spacial score (nSPS) is 14.6. The average Bonchev–Trinajstić information content (AvgIpc) is 3.20. The zero-order chi connectivity index (χ0) is 29.5. The van der Waals surface area contributed by atoms with Crippen molar-refractivity contribution in [2.75, 3.05) is 18.0 Å². The topological polar surface area (TPSA) is 50.2 Å². The summed E-state index contributed by atoms with van der Waals surface area (Å²) in [5, 5.41) is 3.04. The number of amides is 1. The number of nitrogens with zero attached hydrogens (tertiary/aromatic N) is 3. The fourth-order valence-corrected chi connectivity index (χ4v) is 5.76. The van der Waals surface area contributed by atoms with Gasteiger partial charge in [0.2, 0.25) is 0 Å². The minimum Gasteiger partial charge on any atom is -0.370 e. The van der Waals surface area contributed by atoms with Gasteiger partial charge in [0.15, 0.2) is 0 Å². The Morgan fingerprint density at radius 1 is 1.07 bits per heavy atom. The SMILES string of the molecule is CC1CCN(c2cc3c(cc2Cl)nc(Cc2cc(CNC(=O)c4c(F)cccc4Cl)ccc2C(F)(F)F)n3C)CC1. The van der Waals surface area contributed by atoms with Crippen LogP contribution in [0.25, 0.3) is 11.0 Å². The first-order chi connectivity index (χ1) is 19.4. The standard InChI is InChI=1S/C30H28Cl2F4N4O/c1-17-8-10-40(11-9-17)25-15-26-24(14-22(25)32)38-27(39(26)2)13-19-12-18(6-7-20(19)30(34,35)36)16-37-29(41)28-21(31)4-3-5-23(28)33/h3-7,12,14-15,17H,8-11,13,16H2,1-2H3,(H,37,41). The van der Waals surface area contributed by atoms with Crippen molar-refractivity contribution in [1.82, 2.24) is 14.9 Å². The summed E-state index contributed by atoms with van der Waals surface area (Å²) in [6.45, 7) is 3.88. The van der Waals surface area contributed by atoms with Crippen molar-refractivity contribution in [2.45, 2.75) is 38.9 Å². The van der Waals surface area contributed by atoms with Gasteiger partial charge in [-0.25, -0.2) is 9.37 Å². The van der Waals surface area contributed by atoms with E-state index in [1.807, 2.05) is 6.07 Å². The molecule has 1 aliphatic heterocycles. The number of rotatable bonds is 6. The highest BCUT2D eigenvalue weighted by Gasteiger charge is 2.34. The van der Waals surface area contributed by atoms with E-state index in [1.54, 1.807) is 17.7 Å². The highest BCUT2D eigenvalue weighted by atomic mass is 35.5. The average molecular weight is 607 g/mol. The largest absolute Gasteiger partial charge is 0.416 e. The highest BCUT2D eigenvalue weighted by molar-refractivity contribution is 6.34. The molecule has 1 saturated heterocycles. The fraction of sp³-hybridized carbons (Fsp3) is 0.333. The highest BCUT2D eigenvalue weighted by Crippen LogP contribution is 2.36. The van der Waals surface area contributed by atoms with Crippen LogP contribution in [0.15, 0.2) is 48.5 Å². The molecule has 1 aromatic heterocycles. The van der Waals surface area contributed by atoms with Gasteiger partial charge in [-0.2, -0.15) is 13.2 Å². The van der Waals surface area contributed by atoms with Gasteiger partial charge in [0, 0.05) is 33.1 Å². The molecule has 11 heteroatoms. The molecule has 1 fully saturated rings. The second kappa shape index (κ2) is 11.5. The van der Waals surface area contributed by atoms with E-state index in [0.717, 1.165) is 49.3 Å². The fourth-order valence-electron chi connectivity index (χ4n) is 5.24. The number of nitrogens with one attached hydrogen (secondary N) is 1. The zero-order valence-corrected chi connectivity index (χ0v) is 24.0. The molecule has 1 N–H and O–H groups in total. The molecule has 0 saturated carbocycles. The minimum absolute atomic E-state index is 0.00270. The predicted octanol–water partition coefficient (Wildman–Crippen LogP) is 7.80. The number of carbonyl (C=O) groups excluding carboxylic acids is 1. The third-order valence-electron chi connectivity index (χ3n) is 7.63. The van der Waals surface area contributed by atoms with Gasteiger partial charge in [0.05, 0.1) is 37.9 Å². The van der Waals surface area contributed by atoms with Gasteiger partial charge < -0.3 is 14.8 Å². The second-order valence-electron chi connectivity index (χ2n) is 10.5. The number of aromatic nitrogens is 2. The molecule has 41 heavy (non-hydrogen) atoms. The van der Waals surface area contributed by atoms with E-state index in [4.69, 9.17) is 23.2 Å². The summed E-state index contributed by atoms with van der Waals surface area (Å²) >= 11 is 12.6. The molecule has 0 atom stereocenters. The summed E-state index contributed by atoms with van der Waals surface area (Å²) in [6.07, 6.45) is -2.57. The van der Waals surface area contributed by atoms with Crippen LogP contribution in [0, 0.1) is 11.7 Å². The lowest BCUT2D eigenvalue weighted by molar-refractivity contribution is -0.138. The Bertz CT molecular complexity index is 1590. The van der Waals surface area contributed by atoms with Crippen LogP contribution in [0.3, 0.4) is 0 Å². The smallest absolute Gasteiger partial charge is 0.370 e. The molecule has 4 aromatic rings. The number of piperidine rings is 1. The monoisotopic (exact) mass is 606 g/mol. The third-order valence-corrected chi connectivity index (χ3v) is 8.25. The molecular weight excluding hydrogens is 579 g/mol. The van der Waals surface area contributed by atoms with Crippen molar-refractivity contribution in [3.63, 3.8) is 0 Å². The Labute approximate surface area is 245 Å². The van der Waals surface area contributed by atoms with Crippen molar-refractivity contribution < 1.29 is 22.4 Å². The molecule has 2 heterocycles. The van der Waals surface area contributed by atoms with E-state index < -0.39 is 23.5 Å². The lowest BCUT2D eigenvalue weighted by atomic mass is 9.99. The number of halogens is 6. The quantitative estimate of drug-likeness (QED) is 0.228. The number of aryl methyl sites for hydroxylation is 1. The molecule has 5 nitrogen and oxygen atoms in total. The van der Waals surface area contributed by atoms with Crippen LogP contribution in [-0.2, 0) is 26.2 Å². The molecule has 1 aliphatic rings. The lowest BCUT2D eigenvalue weighted by Gasteiger charge is -2.32. The summed E-state index contributed by atoms with van der Waals surface area (Å²) in [7, 11) is 1.77. The van der Waals surface area contributed by atoms with Gasteiger partial charge in [-0.15, -0.1) is 0 Å².